The lowest BCUT2D eigenvalue weighted by molar-refractivity contribution is 0.0593. The van der Waals surface area contributed by atoms with Crippen LogP contribution in [-0.4, -0.2) is 53.1 Å². The number of hydrogen-bond donors (Lipinski definition) is 2. The zero-order chi connectivity index (χ0) is 20.2. The Morgan fingerprint density at radius 2 is 1.89 bits per heavy atom. The molecule has 2 aromatic heterocycles. The fraction of sp³-hybridized carbons (Fsp3) is 0.412. The third-order valence-electron chi connectivity index (χ3n) is 5.18. The van der Waals surface area contributed by atoms with Gasteiger partial charge in [-0.15, -0.1) is 0 Å². The summed E-state index contributed by atoms with van der Waals surface area (Å²) in [5.74, 6) is 0.280. The quantitative estimate of drug-likeness (QED) is 0.555. The number of carbonyl (C=O) groups excluding carboxylic acids is 2. The third-order valence-corrected chi connectivity index (χ3v) is 6.29. The molecule has 3 heterocycles. The molecule has 2 N–H and O–H groups in total. The van der Waals surface area contributed by atoms with E-state index in [9.17, 15) is 9.59 Å². The Labute approximate surface area is 175 Å². The fourth-order valence-electron chi connectivity index (χ4n) is 3.66. The number of fused-ring (bicyclic) bond motifs is 1. The van der Waals surface area contributed by atoms with Crippen molar-refractivity contribution in [1.82, 2.24) is 20.3 Å². The van der Waals surface area contributed by atoms with Gasteiger partial charge in [-0.25, -0.2) is 14.8 Å². The highest BCUT2D eigenvalue weighted by atomic mass is 35.5. The van der Waals surface area contributed by atoms with Crippen molar-refractivity contribution in [2.24, 2.45) is 11.8 Å². The Bertz CT molecular complexity index is 967. The van der Waals surface area contributed by atoms with Crippen molar-refractivity contribution in [2.75, 3.05) is 25.1 Å². The highest BCUT2D eigenvalue weighted by Crippen LogP contribution is 2.47. The molecule has 2 aliphatic rings. The lowest BCUT2D eigenvalue weighted by atomic mass is 10.3. The molecule has 0 radical (unpaired) electrons. The van der Waals surface area contributed by atoms with Crippen molar-refractivity contribution in [3.63, 3.8) is 0 Å². The van der Waals surface area contributed by atoms with Gasteiger partial charge in [0.1, 0.15) is 11.5 Å². The van der Waals surface area contributed by atoms with E-state index in [0.717, 1.165) is 0 Å². The van der Waals surface area contributed by atoms with Crippen LogP contribution in [-0.2, 0) is 4.74 Å². The number of halogens is 3. The molecular formula is C17H16Cl3N5O3. The van der Waals surface area contributed by atoms with Crippen molar-refractivity contribution in [3.8, 4) is 0 Å². The van der Waals surface area contributed by atoms with Crippen LogP contribution in [0.3, 0.4) is 0 Å². The van der Waals surface area contributed by atoms with Crippen LogP contribution in [0, 0.1) is 18.8 Å². The predicted molar refractivity (Wildman–Crippen MR) is 104 cm³/mol. The number of nitrogens with one attached hydrogen (secondary N) is 2. The van der Waals surface area contributed by atoms with Gasteiger partial charge < -0.3 is 19.9 Å². The van der Waals surface area contributed by atoms with E-state index in [1.54, 1.807) is 13.0 Å². The molecule has 1 amide bonds. The highest BCUT2D eigenvalue weighted by Gasteiger charge is 2.57. The second-order valence-corrected chi connectivity index (χ2v) is 7.95. The van der Waals surface area contributed by atoms with Crippen LogP contribution in [0.5, 0.6) is 0 Å². The molecule has 148 valence electrons. The zero-order valence-electron chi connectivity index (χ0n) is 14.9. The van der Waals surface area contributed by atoms with Gasteiger partial charge in [-0.05, 0) is 18.5 Å². The number of amides is 1. The van der Waals surface area contributed by atoms with Crippen molar-refractivity contribution in [2.45, 2.75) is 13.0 Å². The smallest absolute Gasteiger partial charge is 0.356 e. The van der Waals surface area contributed by atoms with Gasteiger partial charge >= 0.3 is 5.97 Å². The Morgan fingerprint density at radius 3 is 2.46 bits per heavy atom. The monoisotopic (exact) mass is 443 g/mol. The molecule has 2 fully saturated rings. The van der Waals surface area contributed by atoms with E-state index in [1.165, 1.54) is 7.11 Å². The first-order chi connectivity index (χ1) is 13.3. The first-order valence-electron chi connectivity index (χ1n) is 8.52. The molecular weight excluding hydrogens is 429 g/mol. The van der Waals surface area contributed by atoms with E-state index in [1.807, 2.05) is 4.90 Å². The summed E-state index contributed by atoms with van der Waals surface area (Å²) in [6.07, 6.45) is 0. The third kappa shape index (κ3) is 3.29. The maximum absolute atomic E-state index is 12.5. The summed E-state index contributed by atoms with van der Waals surface area (Å²) in [7, 11) is 1.28. The molecule has 2 aromatic rings. The van der Waals surface area contributed by atoms with E-state index in [0.29, 0.717) is 29.6 Å². The second kappa shape index (κ2) is 7.09. The van der Waals surface area contributed by atoms with Gasteiger partial charge in [0, 0.05) is 42.7 Å². The van der Waals surface area contributed by atoms with Crippen molar-refractivity contribution in [1.29, 1.82) is 0 Å². The average Bonchev–Trinajstić information content (AvgIpc) is 3.01. The van der Waals surface area contributed by atoms with Gasteiger partial charge in [0.25, 0.3) is 5.91 Å². The van der Waals surface area contributed by atoms with Crippen LogP contribution in [0.1, 0.15) is 26.7 Å². The number of aromatic amines is 1. The molecule has 1 aliphatic carbocycles. The molecule has 1 aliphatic heterocycles. The van der Waals surface area contributed by atoms with Crippen LogP contribution >= 0.6 is 34.8 Å². The van der Waals surface area contributed by atoms with E-state index >= 15 is 0 Å². The summed E-state index contributed by atoms with van der Waals surface area (Å²) in [5, 5.41) is 3.58. The lowest BCUT2D eigenvalue weighted by Gasteiger charge is -2.21. The number of H-pyrrole nitrogens is 1. The van der Waals surface area contributed by atoms with Gasteiger partial charge in [0.2, 0.25) is 5.28 Å². The van der Waals surface area contributed by atoms with Crippen LogP contribution in [0.2, 0.25) is 15.3 Å². The normalized spacial score (nSPS) is 22.8. The number of carbonyl (C=O) groups is 2. The number of hydrogen-bond acceptors (Lipinski definition) is 6. The Balaban J connectivity index is 1.41. The number of nitrogens with zero attached hydrogens (tertiary/aromatic N) is 3. The Kier molecular flexibility index (Phi) is 4.89. The van der Waals surface area contributed by atoms with Crippen molar-refractivity contribution < 1.29 is 14.3 Å². The number of rotatable bonds is 4. The number of aromatic nitrogens is 3. The van der Waals surface area contributed by atoms with Crippen molar-refractivity contribution >= 4 is 52.5 Å². The minimum Gasteiger partial charge on any atom is -0.464 e. The van der Waals surface area contributed by atoms with E-state index in [2.05, 4.69) is 25.0 Å². The topological polar surface area (TPSA) is 100 Å². The number of ether oxygens (including phenoxy) is 1. The molecule has 11 heteroatoms. The van der Waals surface area contributed by atoms with Gasteiger partial charge in [0.05, 0.1) is 17.2 Å². The zero-order valence-corrected chi connectivity index (χ0v) is 17.2. The molecule has 0 bridgehead atoms. The van der Waals surface area contributed by atoms with Gasteiger partial charge in [0.15, 0.2) is 5.69 Å². The number of esters is 1. The van der Waals surface area contributed by atoms with Gasteiger partial charge in [-0.3, -0.25) is 4.79 Å². The van der Waals surface area contributed by atoms with Crippen LogP contribution in [0.15, 0.2) is 6.07 Å². The molecule has 0 spiro atoms. The SMILES string of the molecule is COC(=O)c1cc(N2C[C@@H]3[C@H](C2)[C@@H]3NC(=O)c2[nH]c(C)c(Cl)c2Cl)nc(Cl)n1. The number of methoxy groups -OCH3 is 1. The van der Waals surface area contributed by atoms with Crippen molar-refractivity contribution in [3.05, 3.63) is 38.5 Å². The maximum Gasteiger partial charge on any atom is 0.356 e. The van der Waals surface area contributed by atoms with Crippen LogP contribution in [0.25, 0.3) is 0 Å². The van der Waals surface area contributed by atoms with E-state index < -0.39 is 5.97 Å². The molecule has 0 unspecified atom stereocenters. The lowest BCUT2D eigenvalue weighted by Crippen LogP contribution is -2.35. The minimum atomic E-state index is -0.572. The summed E-state index contributed by atoms with van der Waals surface area (Å²) in [5.41, 5.74) is 1.04. The molecule has 3 atom stereocenters. The average molecular weight is 445 g/mol. The van der Waals surface area contributed by atoms with Crippen LogP contribution in [0.4, 0.5) is 5.82 Å². The summed E-state index contributed by atoms with van der Waals surface area (Å²) in [6, 6.07) is 1.61. The molecule has 4 rings (SSSR count). The molecule has 0 aromatic carbocycles. The molecule has 1 saturated heterocycles. The summed E-state index contributed by atoms with van der Waals surface area (Å²) in [6.45, 7) is 3.12. The first kappa shape index (κ1) is 19.3. The fourth-order valence-corrected chi connectivity index (χ4v) is 4.25. The largest absolute Gasteiger partial charge is 0.464 e. The summed E-state index contributed by atoms with van der Waals surface area (Å²) < 4.78 is 4.68. The number of piperidine rings is 1. The van der Waals surface area contributed by atoms with Gasteiger partial charge in [-0.2, -0.15) is 0 Å². The minimum absolute atomic E-state index is 0.0167. The Morgan fingerprint density at radius 1 is 1.21 bits per heavy atom. The standard InChI is InChI=1S/C17H16Cl3N5O3/c1-6-11(18)12(19)14(21-6)15(26)24-13-7-4-25(5-8(7)13)10-3-9(16(27)28-2)22-17(20)23-10/h3,7-8,13,21H,4-5H2,1-2H3,(H,24,26)/t7-,8+,13-. The van der Waals surface area contributed by atoms with Gasteiger partial charge in [-0.1, -0.05) is 23.2 Å². The predicted octanol–water partition coefficient (Wildman–Crippen LogP) is 2.72. The van der Waals surface area contributed by atoms with Crippen LogP contribution < -0.4 is 10.2 Å². The molecule has 28 heavy (non-hydrogen) atoms. The Hall–Kier alpha value is -2.03. The first-order valence-corrected chi connectivity index (χ1v) is 9.65. The molecule has 1 saturated carbocycles. The summed E-state index contributed by atoms with van der Waals surface area (Å²) >= 11 is 18.1. The number of aryl methyl sites for hydroxylation is 1. The second-order valence-electron chi connectivity index (χ2n) is 6.86. The number of anilines is 1. The highest BCUT2D eigenvalue weighted by molar-refractivity contribution is 6.44. The molecule has 8 nitrogen and oxygen atoms in total. The van der Waals surface area contributed by atoms with E-state index in [4.69, 9.17) is 34.8 Å². The van der Waals surface area contributed by atoms with E-state index in [-0.39, 0.29) is 45.5 Å². The maximum atomic E-state index is 12.5. The summed E-state index contributed by atoms with van der Waals surface area (Å²) in [4.78, 5) is 37.2.